The second-order valence-electron chi connectivity index (χ2n) is 5.67. The Kier molecular flexibility index (Phi) is 6.46. The molecule has 1 aliphatic rings. The Bertz CT molecular complexity index is 771. The Morgan fingerprint density at radius 2 is 2.04 bits per heavy atom. The van der Waals surface area contributed by atoms with Crippen molar-refractivity contribution in [2.45, 2.75) is 17.1 Å². The molecule has 0 spiro atoms. The van der Waals surface area contributed by atoms with Crippen LogP contribution in [0.1, 0.15) is 5.56 Å². The van der Waals surface area contributed by atoms with E-state index in [9.17, 15) is 21.6 Å². The van der Waals surface area contributed by atoms with Crippen molar-refractivity contribution in [2.75, 3.05) is 39.8 Å². The van der Waals surface area contributed by atoms with Gasteiger partial charge in [-0.1, -0.05) is 0 Å². The molecule has 11 heteroatoms. The third kappa shape index (κ3) is 4.85. The molecule has 0 bridgehead atoms. The summed E-state index contributed by atoms with van der Waals surface area (Å²) in [5, 5.41) is 11.8. The van der Waals surface area contributed by atoms with Crippen LogP contribution in [-0.2, 0) is 10.0 Å². The molecule has 0 aliphatic carbocycles. The van der Waals surface area contributed by atoms with Gasteiger partial charge in [-0.25, -0.2) is 13.1 Å². The smallest absolute Gasteiger partial charge is 0.405 e. The van der Waals surface area contributed by atoms with Crippen molar-refractivity contribution >= 4 is 10.0 Å². The van der Waals surface area contributed by atoms with E-state index in [1.807, 2.05) is 10.8 Å². The van der Waals surface area contributed by atoms with E-state index in [1.54, 1.807) is 0 Å². The second kappa shape index (κ2) is 8.22. The molecule has 0 aromatic heterocycles. The van der Waals surface area contributed by atoms with Gasteiger partial charge in [-0.15, -0.1) is 0 Å². The fourth-order valence-electron chi connectivity index (χ4n) is 2.67. The Hall–Kier alpha value is -1.87. The van der Waals surface area contributed by atoms with E-state index >= 15 is 0 Å². The van der Waals surface area contributed by atoms with Crippen molar-refractivity contribution in [1.82, 2.24) is 14.9 Å². The van der Waals surface area contributed by atoms with E-state index < -0.39 is 28.8 Å². The van der Waals surface area contributed by atoms with E-state index in [0.717, 1.165) is 6.07 Å². The number of benzene rings is 1. The molecule has 1 atom stereocenters. The van der Waals surface area contributed by atoms with Crippen molar-refractivity contribution in [3.63, 3.8) is 0 Å². The highest BCUT2D eigenvalue weighted by molar-refractivity contribution is 7.89. The minimum absolute atomic E-state index is 0.109. The van der Waals surface area contributed by atoms with Gasteiger partial charge in [0.2, 0.25) is 10.0 Å². The first-order chi connectivity index (χ1) is 12.2. The van der Waals surface area contributed by atoms with Crippen LogP contribution in [0.25, 0.3) is 0 Å². The second-order valence-corrected chi connectivity index (χ2v) is 7.41. The number of nitrogens with one attached hydrogen (secondary N) is 2. The number of ether oxygens (including phenoxy) is 1. The van der Waals surface area contributed by atoms with Crippen LogP contribution in [0, 0.1) is 11.3 Å². The Balaban J connectivity index is 2.21. The van der Waals surface area contributed by atoms with Crippen molar-refractivity contribution < 1.29 is 26.3 Å². The molecule has 2 N–H and O–H groups in total. The fourth-order valence-corrected chi connectivity index (χ4v) is 3.86. The molecule has 1 aromatic rings. The van der Waals surface area contributed by atoms with Gasteiger partial charge in [0, 0.05) is 32.7 Å². The first kappa shape index (κ1) is 20.4. The van der Waals surface area contributed by atoms with Crippen LogP contribution in [0.2, 0.25) is 0 Å². The summed E-state index contributed by atoms with van der Waals surface area (Å²) in [6.07, 6.45) is -4.57. The SMILES string of the molecule is COc1cc(C#N)ccc1S(=O)(=O)NCC(N1CCNCC1)C(F)(F)F. The highest BCUT2D eigenvalue weighted by Crippen LogP contribution is 2.27. The quantitative estimate of drug-likeness (QED) is 0.740. The predicted octanol–water partition coefficient (Wildman–Crippen LogP) is 0.681. The van der Waals surface area contributed by atoms with Gasteiger partial charge in [-0.3, -0.25) is 4.90 Å². The summed E-state index contributed by atoms with van der Waals surface area (Å²) in [4.78, 5) is 0.884. The lowest BCUT2D eigenvalue weighted by molar-refractivity contribution is -0.182. The summed E-state index contributed by atoms with van der Waals surface area (Å²) in [6.45, 7) is 0.346. The highest BCUT2D eigenvalue weighted by Gasteiger charge is 2.44. The highest BCUT2D eigenvalue weighted by atomic mass is 32.2. The Morgan fingerprint density at radius 1 is 1.38 bits per heavy atom. The number of piperazine rings is 1. The van der Waals surface area contributed by atoms with Crippen LogP contribution in [0.15, 0.2) is 23.1 Å². The van der Waals surface area contributed by atoms with Crippen LogP contribution < -0.4 is 14.8 Å². The molecule has 1 heterocycles. The van der Waals surface area contributed by atoms with E-state index in [2.05, 4.69) is 5.32 Å². The maximum atomic E-state index is 13.4. The van der Waals surface area contributed by atoms with Gasteiger partial charge < -0.3 is 10.1 Å². The number of methoxy groups -OCH3 is 1. The van der Waals surface area contributed by atoms with Crippen LogP contribution in [0.3, 0.4) is 0 Å². The van der Waals surface area contributed by atoms with Crippen LogP contribution in [-0.4, -0.2) is 65.4 Å². The summed E-state index contributed by atoms with van der Waals surface area (Å²) < 4.78 is 72.0. The van der Waals surface area contributed by atoms with E-state index in [1.165, 1.54) is 24.1 Å². The third-order valence-corrected chi connectivity index (χ3v) is 5.48. The molecular weight excluding hydrogens is 373 g/mol. The minimum Gasteiger partial charge on any atom is -0.495 e. The average Bonchev–Trinajstić information content (AvgIpc) is 2.60. The Labute approximate surface area is 149 Å². The topological polar surface area (TPSA) is 94.5 Å². The number of hydrogen-bond donors (Lipinski definition) is 2. The standard InChI is InChI=1S/C15H19F3N4O3S/c1-25-12-8-11(9-19)2-3-13(12)26(23,24)21-10-14(15(16,17)18)22-6-4-20-5-7-22/h2-3,8,14,20-21H,4-7,10H2,1H3. The minimum atomic E-state index is -4.57. The lowest BCUT2D eigenvalue weighted by Gasteiger charge is -2.35. The predicted molar refractivity (Wildman–Crippen MR) is 87.2 cm³/mol. The number of sulfonamides is 1. The third-order valence-electron chi connectivity index (χ3n) is 4.02. The van der Waals surface area contributed by atoms with E-state index in [4.69, 9.17) is 10.00 Å². The normalized spacial score (nSPS) is 17.5. The van der Waals surface area contributed by atoms with Gasteiger partial charge in [0.25, 0.3) is 0 Å². The molecule has 26 heavy (non-hydrogen) atoms. The fraction of sp³-hybridized carbons (Fsp3) is 0.533. The largest absolute Gasteiger partial charge is 0.495 e. The molecule has 1 aliphatic heterocycles. The van der Waals surface area contributed by atoms with Crippen LogP contribution in [0.4, 0.5) is 13.2 Å². The number of nitriles is 1. The number of hydrogen-bond acceptors (Lipinski definition) is 6. The molecular formula is C15H19F3N4O3S. The van der Waals surface area contributed by atoms with Gasteiger partial charge in [0.1, 0.15) is 16.7 Å². The number of nitrogens with zero attached hydrogens (tertiary/aromatic N) is 2. The average molecular weight is 392 g/mol. The van der Waals surface area contributed by atoms with Gasteiger partial charge in [-0.05, 0) is 18.2 Å². The number of alkyl halides is 3. The van der Waals surface area contributed by atoms with Crippen molar-refractivity contribution in [1.29, 1.82) is 5.26 Å². The van der Waals surface area contributed by atoms with Crippen molar-refractivity contribution in [2.24, 2.45) is 0 Å². The van der Waals surface area contributed by atoms with Crippen LogP contribution in [0.5, 0.6) is 5.75 Å². The molecule has 1 fully saturated rings. The lowest BCUT2D eigenvalue weighted by atomic mass is 10.2. The van der Waals surface area contributed by atoms with E-state index in [0.29, 0.717) is 13.1 Å². The first-order valence-corrected chi connectivity index (χ1v) is 9.26. The van der Waals surface area contributed by atoms with Crippen molar-refractivity contribution in [3.05, 3.63) is 23.8 Å². The maximum absolute atomic E-state index is 13.4. The van der Waals surface area contributed by atoms with Crippen LogP contribution >= 0.6 is 0 Å². The molecule has 0 radical (unpaired) electrons. The number of halogens is 3. The summed E-state index contributed by atoms with van der Waals surface area (Å²) >= 11 is 0. The first-order valence-electron chi connectivity index (χ1n) is 7.78. The molecule has 144 valence electrons. The zero-order valence-corrected chi connectivity index (χ0v) is 14.8. The summed E-state index contributed by atoms with van der Waals surface area (Å²) in [7, 11) is -3.03. The van der Waals surface area contributed by atoms with Gasteiger partial charge in [0.05, 0.1) is 18.7 Å². The molecule has 2 rings (SSSR count). The van der Waals surface area contributed by atoms with Crippen molar-refractivity contribution in [3.8, 4) is 11.8 Å². The van der Waals surface area contributed by atoms with Gasteiger partial charge in [0.15, 0.2) is 0 Å². The summed E-state index contributed by atoms with van der Waals surface area (Å²) in [5.41, 5.74) is 0.176. The molecule has 1 aromatic carbocycles. The molecule has 1 unspecified atom stereocenters. The molecule has 0 saturated carbocycles. The summed E-state index contributed by atoms with van der Waals surface area (Å²) in [6, 6.07) is 3.51. The Morgan fingerprint density at radius 3 is 2.58 bits per heavy atom. The monoisotopic (exact) mass is 392 g/mol. The number of rotatable bonds is 6. The zero-order valence-electron chi connectivity index (χ0n) is 14.0. The molecule has 0 amide bonds. The maximum Gasteiger partial charge on any atom is 0.405 e. The summed E-state index contributed by atoms with van der Waals surface area (Å²) in [5.74, 6) is -0.109. The molecule has 7 nitrogen and oxygen atoms in total. The zero-order chi connectivity index (χ0) is 19.4. The van der Waals surface area contributed by atoms with Gasteiger partial charge in [-0.2, -0.15) is 18.4 Å². The molecule has 1 saturated heterocycles. The van der Waals surface area contributed by atoms with Gasteiger partial charge >= 0.3 is 6.18 Å². The lowest BCUT2D eigenvalue weighted by Crippen LogP contribution is -2.57. The van der Waals surface area contributed by atoms with E-state index in [-0.39, 0.29) is 29.3 Å².